The molecule has 0 aliphatic carbocycles. The minimum absolute atomic E-state index is 0.198. The van der Waals surface area contributed by atoms with Crippen molar-refractivity contribution in [2.75, 3.05) is 5.32 Å². The second-order valence-electron chi connectivity index (χ2n) is 4.72. The first-order valence-electron chi connectivity index (χ1n) is 6.21. The first kappa shape index (κ1) is 14.5. The number of anilines is 2. The maximum absolute atomic E-state index is 10.9. The number of rotatable bonds is 5. The first-order chi connectivity index (χ1) is 9.88. The fourth-order valence-electron chi connectivity index (χ4n) is 1.79. The zero-order valence-corrected chi connectivity index (χ0v) is 11.5. The van der Waals surface area contributed by atoms with Gasteiger partial charge in [-0.1, -0.05) is 0 Å². The second kappa shape index (κ2) is 5.61. The van der Waals surface area contributed by atoms with Gasteiger partial charge in [-0.3, -0.25) is 14.8 Å². The van der Waals surface area contributed by atoms with Gasteiger partial charge in [0.1, 0.15) is 5.56 Å². The summed E-state index contributed by atoms with van der Waals surface area (Å²) in [7, 11) is 0. The Morgan fingerprint density at radius 2 is 2.14 bits per heavy atom. The lowest BCUT2D eigenvalue weighted by Crippen LogP contribution is -2.03. The van der Waals surface area contributed by atoms with Gasteiger partial charge in [-0.05, 0) is 26.0 Å². The van der Waals surface area contributed by atoms with E-state index in [1.54, 1.807) is 17.1 Å². The number of nitro benzene ring substituents is 1. The largest absolute Gasteiger partial charge is 0.477 e. The SMILES string of the molecule is CC(C)n1cc(Nc2ccc(C(=O)O)c([N+](=O)[O-])c2)cn1. The molecule has 2 N–H and O–H groups in total. The highest BCUT2D eigenvalue weighted by Gasteiger charge is 2.20. The number of aromatic carboxylic acids is 1. The van der Waals surface area contributed by atoms with Crippen LogP contribution in [0.1, 0.15) is 30.2 Å². The third-order valence-corrected chi connectivity index (χ3v) is 2.84. The van der Waals surface area contributed by atoms with Crippen LogP contribution in [0.2, 0.25) is 0 Å². The number of nitrogens with one attached hydrogen (secondary N) is 1. The summed E-state index contributed by atoms with van der Waals surface area (Å²) in [6.07, 6.45) is 3.36. The topological polar surface area (TPSA) is 110 Å². The van der Waals surface area contributed by atoms with Crippen molar-refractivity contribution in [3.8, 4) is 0 Å². The van der Waals surface area contributed by atoms with Crippen molar-refractivity contribution in [1.82, 2.24) is 9.78 Å². The van der Waals surface area contributed by atoms with Crippen molar-refractivity contribution in [3.05, 3.63) is 46.3 Å². The summed E-state index contributed by atoms with van der Waals surface area (Å²) in [5, 5.41) is 26.9. The van der Waals surface area contributed by atoms with E-state index in [0.29, 0.717) is 11.4 Å². The molecule has 110 valence electrons. The average molecular weight is 290 g/mol. The standard InChI is InChI=1S/C13H14N4O4/c1-8(2)16-7-10(6-14-16)15-9-3-4-11(13(18)19)12(5-9)17(20)21/h3-8,15H,1-2H3,(H,18,19). The number of aromatic nitrogens is 2. The summed E-state index contributed by atoms with van der Waals surface area (Å²) in [4.78, 5) is 21.1. The van der Waals surface area contributed by atoms with Gasteiger partial charge < -0.3 is 10.4 Å². The maximum atomic E-state index is 10.9. The Morgan fingerprint density at radius 3 is 2.67 bits per heavy atom. The molecule has 0 bridgehead atoms. The second-order valence-corrected chi connectivity index (χ2v) is 4.72. The molecule has 0 saturated heterocycles. The lowest BCUT2D eigenvalue weighted by Gasteiger charge is -2.06. The van der Waals surface area contributed by atoms with Crippen LogP contribution in [0, 0.1) is 10.1 Å². The van der Waals surface area contributed by atoms with Crippen molar-refractivity contribution in [2.45, 2.75) is 19.9 Å². The minimum atomic E-state index is -1.33. The normalized spacial score (nSPS) is 10.6. The molecule has 2 rings (SSSR count). The van der Waals surface area contributed by atoms with Gasteiger partial charge in [0.05, 0.1) is 16.8 Å². The van der Waals surface area contributed by atoms with E-state index >= 15 is 0 Å². The highest BCUT2D eigenvalue weighted by molar-refractivity contribution is 5.93. The van der Waals surface area contributed by atoms with Crippen LogP contribution in [0.4, 0.5) is 17.1 Å². The minimum Gasteiger partial charge on any atom is -0.477 e. The van der Waals surface area contributed by atoms with E-state index in [1.807, 2.05) is 13.8 Å². The zero-order valence-electron chi connectivity index (χ0n) is 11.5. The molecule has 8 nitrogen and oxygen atoms in total. The van der Waals surface area contributed by atoms with Crippen LogP contribution < -0.4 is 5.32 Å². The van der Waals surface area contributed by atoms with Crippen LogP contribution in [0.3, 0.4) is 0 Å². The highest BCUT2D eigenvalue weighted by atomic mass is 16.6. The highest BCUT2D eigenvalue weighted by Crippen LogP contribution is 2.25. The predicted octanol–water partition coefficient (Wildman–Crippen LogP) is 2.81. The van der Waals surface area contributed by atoms with Gasteiger partial charge in [0.25, 0.3) is 5.69 Å². The third-order valence-electron chi connectivity index (χ3n) is 2.84. The summed E-state index contributed by atoms with van der Waals surface area (Å²) >= 11 is 0. The van der Waals surface area contributed by atoms with E-state index < -0.39 is 16.6 Å². The average Bonchev–Trinajstić information content (AvgIpc) is 2.87. The van der Waals surface area contributed by atoms with E-state index in [4.69, 9.17) is 5.11 Å². The quantitative estimate of drug-likeness (QED) is 0.647. The molecular formula is C13H14N4O4. The van der Waals surface area contributed by atoms with Crippen molar-refractivity contribution in [3.63, 3.8) is 0 Å². The van der Waals surface area contributed by atoms with Gasteiger partial charge in [0, 0.05) is 24.0 Å². The van der Waals surface area contributed by atoms with Gasteiger partial charge in [0.15, 0.2) is 0 Å². The molecule has 0 radical (unpaired) electrons. The predicted molar refractivity (Wildman–Crippen MR) is 76.0 cm³/mol. The fourth-order valence-corrected chi connectivity index (χ4v) is 1.79. The molecule has 0 unspecified atom stereocenters. The molecule has 1 heterocycles. The number of carboxylic acids is 1. The van der Waals surface area contributed by atoms with Crippen LogP contribution in [0.5, 0.6) is 0 Å². The number of nitro groups is 1. The molecule has 0 fully saturated rings. The summed E-state index contributed by atoms with van der Waals surface area (Å²) in [6, 6.07) is 4.07. The number of hydrogen-bond acceptors (Lipinski definition) is 5. The molecule has 0 aliphatic heterocycles. The van der Waals surface area contributed by atoms with E-state index in [-0.39, 0.29) is 11.6 Å². The molecule has 21 heavy (non-hydrogen) atoms. The molecule has 0 spiro atoms. The van der Waals surface area contributed by atoms with Crippen LogP contribution in [0.15, 0.2) is 30.6 Å². The Labute approximate surface area is 120 Å². The van der Waals surface area contributed by atoms with Crippen molar-refractivity contribution < 1.29 is 14.8 Å². The summed E-state index contributed by atoms with van der Waals surface area (Å²) in [5.41, 5.74) is 0.295. The Morgan fingerprint density at radius 1 is 1.43 bits per heavy atom. The van der Waals surface area contributed by atoms with E-state index in [2.05, 4.69) is 10.4 Å². The van der Waals surface area contributed by atoms with Gasteiger partial charge >= 0.3 is 5.97 Å². The van der Waals surface area contributed by atoms with Gasteiger partial charge in [-0.25, -0.2) is 4.79 Å². The summed E-state index contributed by atoms with van der Waals surface area (Å²) in [5.74, 6) is -1.33. The van der Waals surface area contributed by atoms with Crippen LogP contribution in [-0.2, 0) is 0 Å². The number of hydrogen-bond donors (Lipinski definition) is 2. The van der Waals surface area contributed by atoms with Gasteiger partial charge in [-0.15, -0.1) is 0 Å². The smallest absolute Gasteiger partial charge is 0.342 e. The molecule has 2 aromatic rings. The van der Waals surface area contributed by atoms with E-state index in [1.165, 1.54) is 18.2 Å². The van der Waals surface area contributed by atoms with Crippen LogP contribution in [0.25, 0.3) is 0 Å². The van der Waals surface area contributed by atoms with Crippen LogP contribution >= 0.6 is 0 Å². The lowest BCUT2D eigenvalue weighted by molar-refractivity contribution is -0.385. The summed E-state index contributed by atoms with van der Waals surface area (Å²) < 4.78 is 1.74. The maximum Gasteiger partial charge on any atom is 0.342 e. The number of carbonyl (C=O) groups is 1. The van der Waals surface area contributed by atoms with E-state index in [0.717, 1.165) is 0 Å². The molecule has 0 atom stereocenters. The molecule has 1 aromatic heterocycles. The third kappa shape index (κ3) is 3.16. The van der Waals surface area contributed by atoms with Crippen molar-refractivity contribution in [1.29, 1.82) is 0 Å². The number of benzene rings is 1. The lowest BCUT2D eigenvalue weighted by atomic mass is 10.1. The van der Waals surface area contributed by atoms with E-state index in [9.17, 15) is 14.9 Å². The monoisotopic (exact) mass is 290 g/mol. The Balaban J connectivity index is 2.30. The molecule has 0 saturated carbocycles. The number of nitrogens with zero attached hydrogens (tertiary/aromatic N) is 3. The molecule has 0 aliphatic rings. The number of carboxylic acid groups (broad SMARTS) is 1. The van der Waals surface area contributed by atoms with Crippen molar-refractivity contribution >= 4 is 23.0 Å². The molecule has 0 amide bonds. The molecule has 1 aromatic carbocycles. The Kier molecular flexibility index (Phi) is 3.88. The van der Waals surface area contributed by atoms with Crippen molar-refractivity contribution in [2.24, 2.45) is 0 Å². The molecule has 8 heteroatoms. The zero-order chi connectivity index (χ0) is 15.6. The Bertz CT molecular complexity index is 693. The van der Waals surface area contributed by atoms with Gasteiger partial charge in [0.2, 0.25) is 0 Å². The van der Waals surface area contributed by atoms with Gasteiger partial charge in [-0.2, -0.15) is 5.10 Å². The fraction of sp³-hybridized carbons (Fsp3) is 0.231. The van der Waals surface area contributed by atoms with Crippen LogP contribution in [-0.4, -0.2) is 25.8 Å². The molecular weight excluding hydrogens is 276 g/mol. The summed E-state index contributed by atoms with van der Waals surface area (Å²) in [6.45, 7) is 3.95. The first-order valence-corrected chi connectivity index (χ1v) is 6.21. The Hall–Kier alpha value is -2.90.